The van der Waals surface area contributed by atoms with Gasteiger partial charge in [-0.1, -0.05) is 240 Å². The molecule has 0 aliphatic carbocycles. The Labute approximate surface area is 420 Å². The quantitative estimate of drug-likeness (QED) is 0.0272. The van der Waals surface area contributed by atoms with E-state index in [0.29, 0.717) is 17.4 Å². The van der Waals surface area contributed by atoms with E-state index < -0.39 is 20.0 Å². The fourth-order valence-corrected chi connectivity index (χ4v) is 8.47. The van der Waals surface area contributed by atoms with Crippen LogP contribution in [0.5, 0.6) is 0 Å². The Balaban J connectivity index is 4.28. The molecule has 394 valence electrons. The zero-order valence-corrected chi connectivity index (χ0v) is 45.7. The second kappa shape index (κ2) is 49.7. The fraction of sp³-hybridized carbons (Fsp3) is 0.746. The van der Waals surface area contributed by atoms with Gasteiger partial charge in [-0.25, -0.2) is 0 Å². The van der Waals surface area contributed by atoms with Crippen LogP contribution in [-0.4, -0.2) is 68.5 Å². The van der Waals surface area contributed by atoms with E-state index >= 15 is 0 Å². The zero-order valence-electron chi connectivity index (χ0n) is 44.8. The third-order valence-corrected chi connectivity index (χ3v) is 13.1. The lowest BCUT2D eigenvalue weighted by atomic mass is 10.0. The second-order valence-corrected chi connectivity index (χ2v) is 21.3. The molecule has 3 atom stereocenters. The molecule has 0 rings (SSSR count). The molecule has 0 heterocycles. The van der Waals surface area contributed by atoms with Gasteiger partial charge in [-0.3, -0.25) is 9.36 Å². The lowest BCUT2D eigenvalue weighted by Crippen LogP contribution is -2.45. The molecule has 0 bridgehead atoms. The Kier molecular flexibility index (Phi) is 48.0. The van der Waals surface area contributed by atoms with Crippen LogP contribution in [0.4, 0.5) is 0 Å². The van der Waals surface area contributed by atoms with Crippen molar-refractivity contribution in [3.05, 3.63) is 85.1 Å². The molecular formula is C59H107N2O6P. The highest BCUT2D eigenvalue weighted by molar-refractivity contribution is 7.45. The Morgan fingerprint density at radius 3 is 1.31 bits per heavy atom. The predicted molar refractivity (Wildman–Crippen MR) is 293 cm³/mol. The smallest absolute Gasteiger partial charge is 0.268 e. The van der Waals surface area contributed by atoms with E-state index in [2.05, 4.69) is 92.1 Å². The minimum Gasteiger partial charge on any atom is -0.756 e. The van der Waals surface area contributed by atoms with Gasteiger partial charge in [-0.05, 0) is 70.6 Å². The molecule has 0 aliphatic rings. The maximum Gasteiger partial charge on any atom is 0.268 e. The Hall–Kier alpha value is -2.32. The predicted octanol–water partition coefficient (Wildman–Crippen LogP) is 16.2. The molecule has 1 amide bonds. The molecule has 0 radical (unpaired) electrons. The topological polar surface area (TPSA) is 108 Å². The van der Waals surface area contributed by atoms with Crippen molar-refractivity contribution >= 4 is 13.7 Å². The van der Waals surface area contributed by atoms with Crippen LogP contribution < -0.4 is 10.2 Å². The van der Waals surface area contributed by atoms with Crippen molar-refractivity contribution in [2.45, 2.75) is 244 Å². The summed E-state index contributed by atoms with van der Waals surface area (Å²) in [6.45, 7) is 4.53. The van der Waals surface area contributed by atoms with Crippen LogP contribution in [0.25, 0.3) is 0 Å². The molecule has 3 unspecified atom stereocenters. The summed E-state index contributed by atoms with van der Waals surface area (Å²) >= 11 is 0. The van der Waals surface area contributed by atoms with E-state index in [0.717, 1.165) is 89.9 Å². The van der Waals surface area contributed by atoms with Crippen LogP contribution in [0.2, 0.25) is 0 Å². The number of hydrogen-bond donors (Lipinski definition) is 2. The standard InChI is InChI=1S/C59H107N2O6P/c1-6-8-10-12-14-16-18-20-22-24-26-27-28-29-30-31-32-33-35-37-39-41-43-45-47-49-51-53-59(63)60-57(56-67-68(64,65)66-55-54-61(3,4)5)58(62)52-50-48-46-44-42-40-38-36-34-25-23-21-19-17-15-13-11-9-7-2/h8,10,14,16,20,22,26-27,29-30,32-33,50,52,57-58,62H,6-7,9,11-13,15,17-19,21,23-25,28,31,34-49,51,53-56H2,1-5H3,(H-,60,63,64,65)/b10-8-,16-14-,22-20-,27-26-,30-29-,33-32-,52-50+. The number of hydrogen-bond acceptors (Lipinski definition) is 6. The first-order valence-electron chi connectivity index (χ1n) is 27.9. The molecule has 0 saturated heterocycles. The van der Waals surface area contributed by atoms with Crippen molar-refractivity contribution in [1.82, 2.24) is 5.32 Å². The maximum atomic E-state index is 13.0. The van der Waals surface area contributed by atoms with Crippen LogP contribution in [0.1, 0.15) is 232 Å². The van der Waals surface area contributed by atoms with E-state index in [-0.39, 0.29) is 19.1 Å². The number of nitrogens with one attached hydrogen (secondary N) is 1. The van der Waals surface area contributed by atoms with Gasteiger partial charge < -0.3 is 28.8 Å². The number of quaternary nitrogens is 1. The first-order chi connectivity index (χ1) is 33.0. The number of likely N-dealkylation sites (N-methyl/N-ethyl adjacent to an activating group) is 1. The van der Waals surface area contributed by atoms with E-state index in [9.17, 15) is 19.4 Å². The molecule has 0 aromatic rings. The number of rotatable bonds is 50. The summed E-state index contributed by atoms with van der Waals surface area (Å²) in [7, 11) is 1.25. The first-order valence-corrected chi connectivity index (χ1v) is 29.4. The third-order valence-electron chi connectivity index (χ3n) is 12.1. The maximum absolute atomic E-state index is 13.0. The minimum atomic E-state index is -4.60. The number of nitrogens with zero attached hydrogens (tertiary/aromatic N) is 1. The Morgan fingerprint density at radius 2 is 0.897 bits per heavy atom. The van der Waals surface area contributed by atoms with E-state index in [4.69, 9.17) is 9.05 Å². The minimum absolute atomic E-state index is 0.00651. The third kappa shape index (κ3) is 51.5. The number of phosphoric ester groups is 1. The summed E-state index contributed by atoms with van der Waals surface area (Å²) in [5.74, 6) is -0.208. The number of carbonyl (C=O) groups excluding carboxylic acids is 1. The Bertz CT molecular complexity index is 1380. The van der Waals surface area contributed by atoms with Crippen molar-refractivity contribution in [1.29, 1.82) is 0 Å². The van der Waals surface area contributed by atoms with Crippen molar-refractivity contribution in [3.63, 3.8) is 0 Å². The molecule has 0 aromatic carbocycles. The summed E-state index contributed by atoms with van der Waals surface area (Å²) in [6.07, 6.45) is 69.3. The van der Waals surface area contributed by atoms with Gasteiger partial charge in [-0.2, -0.15) is 0 Å². The molecule has 0 fully saturated rings. The molecule has 8 nitrogen and oxygen atoms in total. The molecule has 2 N–H and O–H groups in total. The summed E-state index contributed by atoms with van der Waals surface area (Å²) in [6, 6.07) is -0.897. The highest BCUT2D eigenvalue weighted by Gasteiger charge is 2.23. The Morgan fingerprint density at radius 1 is 0.529 bits per heavy atom. The van der Waals surface area contributed by atoms with Gasteiger partial charge in [0.15, 0.2) is 0 Å². The lowest BCUT2D eigenvalue weighted by molar-refractivity contribution is -0.870. The van der Waals surface area contributed by atoms with E-state index in [1.165, 1.54) is 122 Å². The molecule has 0 spiro atoms. The van der Waals surface area contributed by atoms with Gasteiger partial charge in [0, 0.05) is 6.42 Å². The summed E-state index contributed by atoms with van der Waals surface area (Å²) < 4.78 is 23.3. The number of carbonyl (C=O) groups is 1. The van der Waals surface area contributed by atoms with Gasteiger partial charge >= 0.3 is 0 Å². The summed E-state index contributed by atoms with van der Waals surface area (Å²) in [5.41, 5.74) is 0. The number of aliphatic hydroxyl groups excluding tert-OH is 1. The normalized spacial score (nSPS) is 14.6. The van der Waals surface area contributed by atoms with Gasteiger partial charge in [0.1, 0.15) is 13.2 Å². The van der Waals surface area contributed by atoms with Crippen molar-refractivity contribution < 1.29 is 32.9 Å². The number of phosphoric acid groups is 1. The molecule has 68 heavy (non-hydrogen) atoms. The fourth-order valence-electron chi connectivity index (χ4n) is 7.74. The van der Waals surface area contributed by atoms with Crippen molar-refractivity contribution in [2.75, 3.05) is 40.9 Å². The molecule has 0 aromatic heterocycles. The zero-order chi connectivity index (χ0) is 49.9. The SMILES string of the molecule is CC/C=C\C/C=C\C/C=C\C/C=C\C/C=C\C/C=C\CCCCCCCCCCC(=O)NC(COP(=O)([O-])OCC[N+](C)(C)C)C(O)/C=C/CCCCCCCCCCCCCCCCCCC. The highest BCUT2D eigenvalue weighted by Crippen LogP contribution is 2.38. The number of unbranched alkanes of at least 4 members (excludes halogenated alkanes) is 25. The number of aliphatic hydroxyl groups is 1. The first kappa shape index (κ1) is 65.7. The average molecular weight is 971 g/mol. The molecule has 0 saturated carbocycles. The summed E-state index contributed by atoms with van der Waals surface area (Å²) in [4.78, 5) is 25.5. The van der Waals surface area contributed by atoms with Gasteiger partial charge in [0.05, 0.1) is 39.9 Å². The van der Waals surface area contributed by atoms with Crippen LogP contribution in [0, 0.1) is 0 Å². The van der Waals surface area contributed by atoms with Crippen LogP contribution in [0.15, 0.2) is 85.1 Å². The molecule has 0 aliphatic heterocycles. The average Bonchev–Trinajstić information content (AvgIpc) is 3.30. The van der Waals surface area contributed by atoms with Crippen LogP contribution in [0.3, 0.4) is 0 Å². The molecular weight excluding hydrogens is 864 g/mol. The highest BCUT2D eigenvalue weighted by atomic mass is 31.2. The number of amides is 1. The van der Waals surface area contributed by atoms with Crippen molar-refractivity contribution in [3.8, 4) is 0 Å². The van der Waals surface area contributed by atoms with Gasteiger partial charge in [-0.15, -0.1) is 0 Å². The van der Waals surface area contributed by atoms with Gasteiger partial charge in [0.25, 0.3) is 7.82 Å². The van der Waals surface area contributed by atoms with E-state index in [1.807, 2.05) is 27.2 Å². The number of allylic oxidation sites excluding steroid dienone is 13. The summed E-state index contributed by atoms with van der Waals surface area (Å²) in [5, 5.41) is 13.9. The van der Waals surface area contributed by atoms with Crippen LogP contribution in [-0.2, 0) is 18.4 Å². The second-order valence-electron chi connectivity index (χ2n) is 19.9. The van der Waals surface area contributed by atoms with Crippen molar-refractivity contribution in [2.24, 2.45) is 0 Å². The van der Waals surface area contributed by atoms with Crippen LogP contribution >= 0.6 is 7.82 Å². The van der Waals surface area contributed by atoms with E-state index in [1.54, 1.807) is 6.08 Å². The lowest BCUT2D eigenvalue weighted by Gasteiger charge is -2.29. The van der Waals surface area contributed by atoms with Gasteiger partial charge in [0.2, 0.25) is 5.91 Å². The monoisotopic (exact) mass is 971 g/mol. The molecule has 9 heteroatoms. The largest absolute Gasteiger partial charge is 0.756 e.